The van der Waals surface area contributed by atoms with Crippen LogP contribution in [-0.4, -0.2) is 40.6 Å². The number of piperidine rings is 1. The third-order valence-corrected chi connectivity index (χ3v) is 5.63. The van der Waals surface area contributed by atoms with Gasteiger partial charge in [0.2, 0.25) is 0 Å². The smallest absolute Gasteiger partial charge is 0.317 e. The van der Waals surface area contributed by atoms with Crippen LogP contribution < -0.4 is 5.32 Å². The van der Waals surface area contributed by atoms with E-state index in [4.69, 9.17) is 5.11 Å². The van der Waals surface area contributed by atoms with E-state index in [-0.39, 0.29) is 18.5 Å². The van der Waals surface area contributed by atoms with Crippen LogP contribution in [0.25, 0.3) is 0 Å². The maximum absolute atomic E-state index is 12.6. The van der Waals surface area contributed by atoms with Crippen molar-refractivity contribution in [3.8, 4) is 0 Å². The van der Waals surface area contributed by atoms with Crippen molar-refractivity contribution in [1.82, 2.24) is 10.2 Å². The van der Waals surface area contributed by atoms with Crippen molar-refractivity contribution in [2.24, 2.45) is 11.8 Å². The summed E-state index contributed by atoms with van der Waals surface area (Å²) in [6, 6.07) is 0.509. The van der Waals surface area contributed by atoms with E-state index in [1.807, 2.05) is 4.90 Å². The number of hydrogen-bond donors (Lipinski definition) is 2. The predicted octanol–water partition coefficient (Wildman–Crippen LogP) is 2.60. The van der Waals surface area contributed by atoms with Gasteiger partial charge in [-0.2, -0.15) is 0 Å². The Morgan fingerprint density at radius 2 is 2.00 bits per heavy atom. The first-order chi connectivity index (χ1) is 10.1. The molecule has 2 bridgehead atoms. The normalized spacial score (nSPS) is 35.0. The number of carbonyl (C=O) groups excluding carboxylic acids is 1. The van der Waals surface area contributed by atoms with Gasteiger partial charge in [0.1, 0.15) is 0 Å². The van der Waals surface area contributed by atoms with Crippen LogP contribution in [0.1, 0.15) is 57.8 Å². The van der Waals surface area contributed by atoms with E-state index in [1.165, 1.54) is 19.3 Å². The minimum Gasteiger partial charge on any atom is -0.481 e. The summed E-state index contributed by atoms with van der Waals surface area (Å²) in [7, 11) is 0. The zero-order valence-corrected chi connectivity index (χ0v) is 12.6. The van der Waals surface area contributed by atoms with Gasteiger partial charge in [0, 0.05) is 25.0 Å². The summed E-state index contributed by atoms with van der Waals surface area (Å²) >= 11 is 0. The second kappa shape index (κ2) is 6.24. The molecule has 118 valence electrons. The van der Waals surface area contributed by atoms with Crippen LogP contribution in [0, 0.1) is 11.8 Å². The number of carboxylic acid groups (broad SMARTS) is 1. The fraction of sp³-hybridized carbons (Fsp3) is 0.875. The number of urea groups is 1. The minimum atomic E-state index is -0.769. The number of carbonyl (C=O) groups is 2. The van der Waals surface area contributed by atoms with Gasteiger partial charge in [-0.15, -0.1) is 0 Å². The highest BCUT2D eigenvalue weighted by molar-refractivity contribution is 5.75. The Morgan fingerprint density at radius 1 is 1.14 bits per heavy atom. The van der Waals surface area contributed by atoms with E-state index >= 15 is 0 Å². The summed E-state index contributed by atoms with van der Waals surface area (Å²) < 4.78 is 0. The lowest BCUT2D eigenvalue weighted by atomic mass is 9.95. The molecule has 3 aliphatic rings. The van der Waals surface area contributed by atoms with Crippen molar-refractivity contribution >= 4 is 12.0 Å². The molecule has 0 aromatic rings. The average molecular weight is 294 g/mol. The molecular weight excluding hydrogens is 268 g/mol. The topological polar surface area (TPSA) is 69.6 Å². The monoisotopic (exact) mass is 294 g/mol. The van der Waals surface area contributed by atoms with Gasteiger partial charge >= 0.3 is 12.0 Å². The van der Waals surface area contributed by atoms with Crippen molar-refractivity contribution in [2.75, 3.05) is 6.54 Å². The van der Waals surface area contributed by atoms with E-state index in [2.05, 4.69) is 5.32 Å². The molecule has 2 N–H and O–H groups in total. The fourth-order valence-electron chi connectivity index (χ4n) is 4.52. The Balaban J connectivity index is 1.54. The van der Waals surface area contributed by atoms with Crippen molar-refractivity contribution in [2.45, 2.75) is 69.9 Å². The summed E-state index contributed by atoms with van der Waals surface area (Å²) in [5.74, 6) is 0.736. The molecule has 2 amide bonds. The van der Waals surface area contributed by atoms with Gasteiger partial charge in [-0.1, -0.05) is 6.42 Å². The van der Waals surface area contributed by atoms with E-state index in [9.17, 15) is 9.59 Å². The van der Waals surface area contributed by atoms with E-state index < -0.39 is 5.97 Å². The molecule has 4 atom stereocenters. The molecule has 2 aliphatic carbocycles. The molecule has 5 heteroatoms. The summed E-state index contributed by atoms with van der Waals surface area (Å²) in [5, 5.41) is 12.1. The highest BCUT2D eigenvalue weighted by atomic mass is 16.4. The number of nitrogens with one attached hydrogen (secondary N) is 1. The summed E-state index contributed by atoms with van der Waals surface area (Å²) in [4.78, 5) is 25.2. The zero-order chi connectivity index (χ0) is 14.8. The second-order valence-electron chi connectivity index (χ2n) is 7.01. The van der Waals surface area contributed by atoms with Gasteiger partial charge in [0.05, 0.1) is 0 Å². The van der Waals surface area contributed by atoms with Crippen LogP contribution in [0.2, 0.25) is 0 Å². The highest BCUT2D eigenvalue weighted by Crippen LogP contribution is 2.44. The molecule has 1 aliphatic heterocycles. The zero-order valence-electron chi connectivity index (χ0n) is 12.6. The van der Waals surface area contributed by atoms with E-state index in [0.29, 0.717) is 18.4 Å². The summed E-state index contributed by atoms with van der Waals surface area (Å²) in [6.07, 6.45) is 8.84. The lowest BCUT2D eigenvalue weighted by Gasteiger charge is -2.37. The van der Waals surface area contributed by atoms with Crippen LogP contribution in [0.3, 0.4) is 0 Å². The van der Waals surface area contributed by atoms with Crippen molar-refractivity contribution < 1.29 is 14.7 Å². The summed E-state index contributed by atoms with van der Waals surface area (Å²) in [6.45, 7) is 0.775. The molecule has 21 heavy (non-hydrogen) atoms. The first kappa shape index (κ1) is 14.7. The van der Waals surface area contributed by atoms with Crippen LogP contribution in [-0.2, 0) is 4.79 Å². The van der Waals surface area contributed by atoms with Crippen molar-refractivity contribution in [3.05, 3.63) is 0 Å². The van der Waals surface area contributed by atoms with Gasteiger partial charge in [-0.25, -0.2) is 4.79 Å². The molecule has 3 fully saturated rings. The highest BCUT2D eigenvalue weighted by Gasteiger charge is 2.41. The first-order valence-corrected chi connectivity index (χ1v) is 8.42. The van der Waals surface area contributed by atoms with Crippen LogP contribution in [0.5, 0.6) is 0 Å². The van der Waals surface area contributed by atoms with Gasteiger partial charge in [-0.05, 0) is 56.8 Å². The number of fused-ring (bicyclic) bond motifs is 2. The molecule has 2 saturated carbocycles. The Labute approximate surface area is 126 Å². The molecule has 1 saturated heterocycles. The molecule has 4 unspecified atom stereocenters. The largest absolute Gasteiger partial charge is 0.481 e. The molecule has 0 spiro atoms. The second-order valence-corrected chi connectivity index (χ2v) is 7.01. The van der Waals surface area contributed by atoms with E-state index in [0.717, 1.165) is 38.1 Å². The Morgan fingerprint density at radius 3 is 2.67 bits per heavy atom. The molecule has 3 rings (SSSR count). The predicted molar refractivity (Wildman–Crippen MR) is 79.0 cm³/mol. The van der Waals surface area contributed by atoms with Crippen molar-refractivity contribution in [3.63, 3.8) is 0 Å². The molecule has 5 nitrogen and oxygen atoms in total. The number of rotatable bonds is 4. The first-order valence-electron chi connectivity index (χ1n) is 8.42. The maximum Gasteiger partial charge on any atom is 0.317 e. The number of hydrogen-bond acceptors (Lipinski definition) is 2. The number of aliphatic carboxylic acids is 1. The third-order valence-electron chi connectivity index (χ3n) is 5.63. The molecule has 0 aromatic heterocycles. The number of likely N-dealkylation sites (tertiary alicyclic amines) is 1. The molecule has 0 radical (unpaired) electrons. The Bertz CT molecular complexity index is 412. The van der Waals surface area contributed by atoms with Crippen LogP contribution in [0.15, 0.2) is 0 Å². The Kier molecular flexibility index (Phi) is 4.36. The molecule has 1 heterocycles. The van der Waals surface area contributed by atoms with Gasteiger partial charge < -0.3 is 15.3 Å². The minimum absolute atomic E-state index is 0.0441. The molecule has 0 aromatic carbocycles. The van der Waals surface area contributed by atoms with Gasteiger partial charge in [0.15, 0.2) is 0 Å². The lowest BCUT2D eigenvalue weighted by molar-refractivity contribution is -0.137. The van der Waals surface area contributed by atoms with Crippen LogP contribution >= 0.6 is 0 Å². The quantitative estimate of drug-likeness (QED) is 0.837. The van der Waals surface area contributed by atoms with Crippen LogP contribution in [0.4, 0.5) is 4.79 Å². The third kappa shape index (κ3) is 3.33. The average Bonchev–Trinajstić information content (AvgIpc) is 3.08. The lowest BCUT2D eigenvalue weighted by Crippen LogP contribution is -2.52. The standard InChI is InChI=1S/C16H26N2O3/c19-15(20)7-6-13-3-1-2-8-18(13)16(21)17-14-10-11-4-5-12(14)9-11/h11-14H,1-10H2,(H,17,21)(H,19,20). The summed E-state index contributed by atoms with van der Waals surface area (Å²) in [5.41, 5.74) is 0. The van der Waals surface area contributed by atoms with Gasteiger partial charge in [-0.3, -0.25) is 4.79 Å². The Hall–Kier alpha value is -1.26. The fourth-order valence-corrected chi connectivity index (χ4v) is 4.52. The number of amides is 2. The number of carboxylic acids is 1. The maximum atomic E-state index is 12.6. The molecular formula is C16H26N2O3. The van der Waals surface area contributed by atoms with Gasteiger partial charge in [0.25, 0.3) is 0 Å². The van der Waals surface area contributed by atoms with E-state index in [1.54, 1.807) is 0 Å². The van der Waals surface area contributed by atoms with Crippen molar-refractivity contribution in [1.29, 1.82) is 0 Å². The SMILES string of the molecule is O=C(O)CCC1CCCCN1C(=O)NC1CC2CCC1C2. The number of nitrogens with zero attached hydrogens (tertiary/aromatic N) is 1.